The summed E-state index contributed by atoms with van der Waals surface area (Å²) in [4.78, 5) is 0. The fraction of sp³-hybridized carbons (Fsp3) is 0.0323. The maximum absolute atomic E-state index is 2.41. The molecule has 144 valence electrons. The van der Waals surface area contributed by atoms with Crippen LogP contribution in [-0.2, 0) is 6.42 Å². The first-order chi connectivity index (χ1) is 15.4. The van der Waals surface area contributed by atoms with Gasteiger partial charge in [0, 0.05) is 0 Å². The van der Waals surface area contributed by atoms with Crippen LogP contribution in [0.2, 0.25) is 0 Å². The summed E-state index contributed by atoms with van der Waals surface area (Å²) in [6.45, 7) is 0. The van der Waals surface area contributed by atoms with Gasteiger partial charge in [0.05, 0.1) is 0 Å². The zero-order valence-electron chi connectivity index (χ0n) is 17.1. The summed E-state index contributed by atoms with van der Waals surface area (Å²) in [7, 11) is 0. The zero-order chi connectivity index (χ0) is 20.4. The summed E-state index contributed by atoms with van der Waals surface area (Å²) in [6.07, 6.45) is 0.997. The van der Waals surface area contributed by atoms with E-state index in [9.17, 15) is 0 Å². The summed E-state index contributed by atoms with van der Waals surface area (Å²) in [5.41, 5.74) is 8.30. The Morgan fingerprint density at radius 3 is 1.90 bits per heavy atom. The van der Waals surface area contributed by atoms with Crippen molar-refractivity contribution in [2.45, 2.75) is 6.42 Å². The third-order valence-electron chi connectivity index (χ3n) is 6.87. The highest BCUT2D eigenvalue weighted by atomic mass is 14.3. The topological polar surface area (TPSA) is 0 Å². The molecule has 1 aliphatic carbocycles. The molecule has 0 aliphatic heterocycles. The van der Waals surface area contributed by atoms with Crippen molar-refractivity contribution in [1.82, 2.24) is 0 Å². The average Bonchev–Trinajstić information content (AvgIpc) is 3.23. The highest BCUT2D eigenvalue weighted by molar-refractivity contribution is 6.17. The van der Waals surface area contributed by atoms with E-state index in [4.69, 9.17) is 0 Å². The molecule has 0 aromatic heterocycles. The van der Waals surface area contributed by atoms with E-state index in [1.807, 2.05) is 0 Å². The Morgan fingerprint density at radius 2 is 1.06 bits per heavy atom. The third-order valence-corrected chi connectivity index (χ3v) is 6.87. The normalized spacial score (nSPS) is 12.4. The van der Waals surface area contributed by atoms with Crippen LogP contribution in [0.3, 0.4) is 0 Å². The second-order valence-electron chi connectivity index (χ2n) is 8.56. The Bertz CT molecular complexity index is 1650. The van der Waals surface area contributed by atoms with Crippen molar-refractivity contribution in [3.8, 4) is 22.3 Å². The molecule has 0 N–H and O–H groups in total. The summed E-state index contributed by atoms with van der Waals surface area (Å²) in [6, 6.07) is 40.2. The summed E-state index contributed by atoms with van der Waals surface area (Å²) in [5.74, 6) is 0. The van der Waals surface area contributed by atoms with Crippen molar-refractivity contribution in [3.05, 3.63) is 120 Å². The van der Waals surface area contributed by atoms with Crippen molar-refractivity contribution in [2.75, 3.05) is 0 Å². The molecule has 31 heavy (non-hydrogen) atoms. The fourth-order valence-corrected chi connectivity index (χ4v) is 5.43. The fourth-order valence-electron chi connectivity index (χ4n) is 5.43. The van der Waals surface area contributed by atoms with Crippen molar-refractivity contribution < 1.29 is 0 Å². The average molecular weight is 393 g/mol. The maximum atomic E-state index is 2.41. The van der Waals surface area contributed by atoms with Crippen LogP contribution in [-0.4, -0.2) is 0 Å². The predicted molar refractivity (Wildman–Crippen MR) is 133 cm³/mol. The quantitative estimate of drug-likeness (QED) is 0.246. The lowest BCUT2D eigenvalue weighted by Gasteiger charge is -2.12. The first-order valence-corrected chi connectivity index (χ1v) is 10.9. The van der Waals surface area contributed by atoms with E-state index in [1.54, 1.807) is 0 Å². The number of fused-ring (bicyclic) bond motifs is 9. The van der Waals surface area contributed by atoms with Crippen LogP contribution < -0.4 is 0 Å². The van der Waals surface area contributed by atoms with E-state index < -0.39 is 0 Å². The molecular formula is C31H20. The van der Waals surface area contributed by atoms with Gasteiger partial charge >= 0.3 is 0 Å². The van der Waals surface area contributed by atoms with E-state index in [2.05, 4.69) is 109 Å². The van der Waals surface area contributed by atoms with Gasteiger partial charge in [-0.2, -0.15) is 0 Å². The molecule has 7 rings (SSSR count). The van der Waals surface area contributed by atoms with E-state index in [0.717, 1.165) is 6.42 Å². The summed E-state index contributed by atoms with van der Waals surface area (Å²) >= 11 is 0. The lowest BCUT2D eigenvalue weighted by atomic mass is 9.91. The molecule has 6 aromatic rings. The molecule has 0 heterocycles. The highest BCUT2D eigenvalue weighted by Crippen LogP contribution is 2.46. The van der Waals surface area contributed by atoms with Gasteiger partial charge in [-0.3, -0.25) is 0 Å². The van der Waals surface area contributed by atoms with Crippen LogP contribution in [0, 0.1) is 0 Å². The van der Waals surface area contributed by atoms with Crippen LogP contribution >= 0.6 is 0 Å². The van der Waals surface area contributed by atoms with Gasteiger partial charge in [0.1, 0.15) is 0 Å². The Hall–Kier alpha value is -3.90. The second-order valence-corrected chi connectivity index (χ2v) is 8.56. The van der Waals surface area contributed by atoms with E-state index in [-0.39, 0.29) is 0 Å². The molecule has 0 bridgehead atoms. The molecular weight excluding hydrogens is 372 g/mol. The molecule has 0 fully saturated rings. The molecule has 0 amide bonds. The van der Waals surface area contributed by atoms with Gasteiger partial charge in [-0.15, -0.1) is 0 Å². The van der Waals surface area contributed by atoms with E-state index in [1.165, 1.54) is 65.7 Å². The molecule has 0 unspecified atom stereocenters. The van der Waals surface area contributed by atoms with Crippen LogP contribution in [0.1, 0.15) is 11.1 Å². The minimum atomic E-state index is 0.997. The van der Waals surface area contributed by atoms with Crippen molar-refractivity contribution in [1.29, 1.82) is 0 Å². The third kappa shape index (κ3) is 2.42. The Kier molecular flexibility index (Phi) is 3.42. The predicted octanol–water partition coefficient (Wildman–Crippen LogP) is 8.38. The Labute approximate surface area is 181 Å². The first kappa shape index (κ1) is 16.8. The number of hydrogen-bond acceptors (Lipinski definition) is 0. The standard InChI is InChI=1S/C31H20/c1-2-8-21-17-22(14-13-20(21)7-1)23-15-16-25-24(18-23)19-30-28-11-4-3-9-26(28)27-10-5-6-12-29(27)31(25)30/h1-18H,19H2. The van der Waals surface area contributed by atoms with Crippen LogP contribution in [0.5, 0.6) is 0 Å². The molecule has 6 aromatic carbocycles. The smallest absolute Gasteiger partial charge is 0.000683 e. The Balaban J connectivity index is 1.46. The van der Waals surface area contributed by atoms with Crippen LogP contribution in [0.4, 0.5) is 0 Å². The molecule has 0 heteroatoms. The van der Waals surface area contributed by atoms with E-state index >= 15 is 0 Å². The maximum Gasteiger partial charge on any atom is -0.000683 e. The molecule has 0 nitrogen and oxygen atoms in total. The molecule has 0 saturated carbocycles. The monoisotopic (exact) mass is 392 g/mol. The van der Waals surface area contributed by atoms with Gasteiger partial charge in [-0.25, -0.2) is 0 Å². The molecule has 0 saturated heterocycles. The van der Waals surface area contributed by atoms with Crippen molar-refractivity contribution in [3.63, 3.8) is 0 Å². The van der Waals surface area contributed by atoms with Crippen molar-refractivity contribution in [2.24, 2.45) is 0 Å². The van der Waals surface area contributed by atoms with Gasteiger partial charge < -0.3 is 0 Å². The molecule has 1 aliphatic rings. The largest absolute Gasteiger partial charge is 0.0616 e. The van der Waals surface area contributed by atoms with E-state index in [0.29, 0.717) is 0 Å². The Morgan fingerprint density at radius 1 is 0.452 bits per heavy atom. The minimum Gasteiger partial charge on any atom is -0.0616 e. The number of benzene rings is 6. The number of rotatable bonds is 1. The second kappa shape index (κ2) is 6.30. The SMILES string of the molecule is c1ccc2cc(-c3ccc4c(c3)Cc3c-4c4ccccc4c4ccccc34)ccc2c1. The number of hydrogen-bond donors (Lipinski definition) is 0. The van der Waals surface area contributed by atoms with Gasteiger partial charge in [0.15, 0.2) is 0 Å². The van der Waals surface area contributed by atoms with Gasteiger partial charge in [0.25, 0.3) is 0 Å². The molecule has 0 radical (unpaired) electrons. The summed E-state index contributed by atoms with van der Waals surface area (Å²) < 4.78 is 0. The lowest BCUT2D eigenvalue weighted by Crippen LogP contribution is -1.87. The molecule has 0 spiro atoms. The highest BCUT2D eigenvalue weighted by Gasteiger charge is 2.24. The summed E-state index contributed by atoms with van der Waals surface area (Å²) in [5, 5.41) is 8.05. The van der Waals surface area contributed by atoms with Crippen molar-refractivity contribution >= 4 is 32.3 Å². The zero-order valence-corrected chi connectivity index (χ0v) is 17.1. The molecule has 0 atom stereocenters. The first-order valence-electron chi connectivity index (χ1n) is 10.9. The van der Waals surface area contributed by atoms with Crippen LogP contribution in [0.15, 0.2) is 109 Å². The minimum absolute atomic E-state index is 0.997. The lowest BCUT2D eigenvalue weighted by molar-refractivity contribution is 1.29. The van der Waals surface area contributed by atoms with Gasteiger partial charge in [-0.1, -0.05) is 103 Å². The van der Waals surface area contributed by atoms with Gasteiger partial charge in [-0.05, 0) is 78.2 Å². The van der Waals surface area contributed by atoms with Crippen LogP contribution in [0.25, 0.3) is 54.6 Å². The van der Waals surface area contributed by atoms with Gasteiger partial charge in [0.2, 0.25) is 0 Å².